The minimum Gasteiger partial charge on any atom is -0.348 e. The molecule has 0 unspecified atom stereocenters. The van der Waals surface area contributed by atoms with Gasteiger partial charge in [-0.1, -0.05) is 67.3 Å². The minimum absolute atomic E-state index is 0.0236. The highest BCUT2D eigenvalue weighted by molar-refractivity contribution is 7.21. The number of benzene rings is 1. The van der Waals surface area contributed by atoms with Gasteiger partial charge in [0, 0.05) is 11.6 Å². The monoisotopic (exact) mass is 395 g/mol. The van der Waals surface area contributed by atoms with Gasteiger partial charge in [0.2, 0.25) is 0 Å². The van der Waals surface area contributed by atoms with Crippen molar-refractivity contribution in [1.82, 2.24) is 15.3 Å². The van der Waals surface area contributed by atoms with Crippen LogP contribution in [0.4, 0.5) is 0 Å². The van der Waals surface area contributed by atoms with Crippen molar-refractivity contribution >= 4 is 35.7 Å². The molecule has 2 saturated heterocycles. The number of thiazole rings is 1. The first kappa shape index (κ1) is 17.2. The highest BCUT2D eigenvalue weighted by atomic mass is 32.1. The normalized spacial score (nSPS) is 19.7. The van der Waals surface area contributed by atoms with E-state index in [1.807, 2.05) is 24.3 Å². The van der Waals surface area contributed by atoms with Crippen LogP contribution in [-0.4, -0.2) is 30.0 Å². The molecule has 1 spiro atoms. The van der Waals surface area contributed by atoms with Crippen LogP contribution >= 0.6 is 11.3 Å². The molecule has 3 aromatic rings. The molecular weight excluding hydrogens is 370 g/mol. The molecular formula is C21H25N3OSSi. The summed E-state index contributed by atoms with van der Waals surface area (Å²) in [6, 6.07) is 18.4. The second-order valence-electron chi connectivity index (χ2n) is 8.24. The average molecular weight is 396 g/mol. The zero-order chi connectivity index (χ0) is 18.3. The van der Waals surface area contributed by atoms with E-state index in [2.05, 4.69) is 27.4 Å². The second kappa shape index (κ2) is 6.91. The van der Waals surface area contributed by atoms with Gasteiger partial charge in [-0.05, 0) is 18.9 Å². The van der Waals surface area contributed by atoms with E-state index < -0.39 is 8.07 Å². The number of rotatable bonds is 3. The van der Waals surface area contributed by atoms with E-state index in [-0.39, 0.29) is 5.91 Å². The fourth-order valence-corrected chi connectivity index (χ4v) is 11.3. The van der Waals surface area contributed by atoms with Crippen molar-refractivity contribution in [3.05, 3.63) is 42.1 Å². The summed E-state index contributed by atoms with van der Waals surface area (Å²) in [5, 5.41) is 4.26. The predicted molar refractivity (Wildman–Crippen MR) is 114 cm³/mol. The number of amides is 1. The number of fused-ring (bicyclic) bond motifs is 1. The molecule has 4 nitrogen and oxygen atoms in total. The number of hydrogen-bond acceptors (Lipinski definition) is 3. The van der Waals surface area contributed by atoms with Crippen molar-refractivity contribution < 1.29 is 4.79 Å². The third kappa shape index (κ3) is 3.36. The summed E-state index contributed by atoms with van der Waals surface area (Å²) < 4.78 is 1.04. The van der Waals surface area contributed by atoms with Crippen LogP contribution in [0, 0.1) is 0 Å². The third-order valence-electron chi connectivity index (χ3n) is 6.49. The lowest BCUT2D eigenvalue weighted by molar-refractivity contribution is 0.0929. The fraction of sp³-hybridized carbons (Fsp3) is 0.429. The molecule has 4 heterocycles. The van der Waals surface area contributed by atoms with Crippen LogP contribution in [-0.2, 0) is 0 Å². The van der Waals surface area contributed by atoms with Gasteiger partial charge < -0.3 is 10.3 Å². The molecule has 27 heavy (non-hydrogen) atoms. The Balaban J connectivity index is 1.25. The van der Waals surface area contributed by atoms with Crippen LogP contribution in [0.25, 0.3) is 20.9 Å². The van der Waals surface area contributed by atoms with E-state index in [4.69, 9.17) is 0 Å². The van der Waals surface area contributed by atoms with Crippen molar-refractivity contribution in [1.29, 1.82) is 0 Å². The van der Waals surface area contributed by atoms with Crippen molar-refractivity contribution in [2.24, 2.45) is 0 Å². The Kier molecular flexibility index (Phi) is 4.40. The van der Waals surface area contributed by atoms with Gasteiger partial charge in [-0.25, -0.2) is 4.98 Å². The highest BCUT2D eigenvalue weighted by Crippen LogP contribution is 2.42. The van der Waals surface area contributed by atoms with Crippen LogP contribution in [0.2, 0.25) is 24.2 Å². The molecule has 2 aromatic heterocycles. The smallest absolute Gasteiger partial charge is 0.268 e. The Hall–Kier alpha value is -1.92. The van der Waals surface area contributed by atoms with E-state index in [0.29, 0.717) is 11.7 Å². The molecule has 0 atom stereocenters. The topological polar surface area (TPSA) is 57.8 Å². The number of aromatic amines is 1. The largest absolute Gasteiger partial charge is 0.348 e. The van der Waals surface area contributed by atoms with Gasteiger partial charge in [0.1, 0.15) is 16.3 Å². The first-order chi connectivity index (χ1) is 13.2. The molecule has 0 radical (unpaired) electrons. The van der Waals surface area contributed by atoms with Crippen molar-refractivity contribution in [2.45, 2.75) is 55.9 Å². The van der Waals surface area contributed by atoms with E-state index in [0.717, 1.165) is 20.9 Å². The van der Waals surface area contributed by atoms with E-state index >= 15 is 0 Å². The van der Waals surface area contributed by atoms with E-state index in [1.165, 1.54) is 49.9 Å². The highest BCUT2D eigenvalue weighted by Gasteiger charge is 2.39. The summed E-state index contributed by atoms with van der Waals surface area (Å²) in [4.78, 5) is 20.6. The standard InChI is InChI=1S/C21H25N3OSSi/c25-20(22-16-8-12-27(13-9-16)10-4-5-11-27)17-14-18-19(23-17)24-21(26-18)15-6-2-1-3-7-15/h1-3,6-7,14,16,23H,4-5,8-13H2,(H,22,25). The number of carbonyl (C=O) groups is 1. The van der Waals surface area contributed by atoms with Gasteiger partial charge >= 0.3 is 0 Å². The van der Waals surface area contributed by atoms with Crippen molar-refractivity contribution in [2.75, 3.05) is 0 Å². The average Bonchev–Trinajstić information content (AvgIpc) is 3.40. The Morgan fingerprint density at radius 3 is 2.56 bits per heavy atom. The van der Waals surface area contributed by atoms with Gasteiger partial charge in [-0.3, -0.25) is 4.79 Å². The van der Waals surface area contributed by atoms with Crippen LogP contribution in [0.5, 0.6) is 0 Å². The molecule has 6 heteroatoms. The maximum Gasteiger partial charge on any atom is 0.268 e. The first-order valence-electron chi connectivity index (χ1n) is 10.1. The summed E-state index contributed by atoms with van der Waals surface area (Å²) >= 11 is 1.63. The molecule has 5 rings (SSSR count). The zero-order valence-electron chi connectivity index (χ0n) is 15.5. The number of carbonyl (C=O) groups excluding carboxylic acids is 1. The van der Waals surface area contributed by atoms with Crippen molar-refractivity contribution in [3.63, 3.8) is 0 Å². The predicted octanol–water partition coefficient (Wildman–Crippen LogP) is 5.43. The number of hydrogen-bond donors (Lipinski definition) is 2. The summed E-state index contributed by atoms with van der Waals surface area (Å²) in [5.41, 5.74) is 2.57. The number of H-pyrrole nitrogens is 1. The molecule has 0 bridgehead atoms. The molecule has 2 aliphatic heterocycles. The molecule has 2 N–H and O–H groups in total. The molecule has 0 aliphatic carbocycles. The van der Waals surface area contributed by atoms with Gasteiger partial charge in [0.25, 0.3) is 5.91 Å². The van der Waals surface area contributed by atoms with E-state index in [9.17, 15) is 4.79 Å². The zero-order valence-corrected chi connectivity index (χ0v) is 17.3. The molecule has 140 valence electrons. The van der Waals surface area contributed by atoms with Gasteiger partial charge in [-0.15, -0.1) is 11.3 Å². The maximum absolute atomic E-state index is 12.7. The maximum atomic E-state index is 12.7. The Morgan fingerprint density at radius 1 is 1.11 bits per heavy atom. The number of nitrogens with zero attached hydrogens (tertiary/aromatic N) is 1. The lowest BCUT2D eigenvalue weighted by Crippen LogP contribution is -2.43. The summed E-state index contributed by atoms with van der Waals surface area (Å²) in [7, 11) is -0.913. The Labute approximate surface area is 164 Å². The van der Waals surface area contributed by atoms with E-state index in [1.54, 1.807) is 11.3 Å². The van der Waals surface area contributed by atoms with Gasteiger partial charge in [0.05, 0.1) is 12.8 Å². The Morgan fingerprint density at radius 2 is 1.85 bits per heavy atom. The summed E-state index contributed by atoms with van der Waals surface area (Å²) in [6.07, 6.45) is 5.29. The molecule has 2 fully saturated rings. The minimum atomic E-state index is -0.913. The molecule has 1 amide bonds. The van der Waals surface area contributed by atoms with Gasteiger partial charge in [0.15, 0.2) is 0 Å². The molecule has 0 saturated carbocycles. The quantitative estimate of drug-likeness (QED) is 0.581. The number of nitrogens with one attached hydrogen (secondary N) is 2. The summed E-state index contributed by atoms with van der Waals surface area (Å²) in [5.74, 6) is 0.0236. The van der Waals surface area contributed by atoms with Crippen LogP contribution in [0.3, 0.4) is 0 Å². The van der Waals surface area contributed by atoms with Crippen LogP contribution < -0.4 is 5.32 Å². The fourth-order valence-electron chi connectivity index (χ4n) is 4.90. The Bertz CT molecular complexity index is 917. The molecule has 1 aromatic carbocycles. The second-order valence-corrected chi connectivity index (χ2v) is 14.3. The van der Waals surface area contributed by atoms with Crippen molar-refractivity contribution in [3.8, 4) is 10.6 Å². The lowest BCUT2D eigenvalue weighted by Gasteiger charge is -2.35. The molecule has 2 aliphatic rings. The number of aromatic nitrogens is 2. The van der Waals surface area contributed by atoms with Gasteiger partial charge in [-0.2, -0.15) is 0 Å². The third-order valence-corrected chi connectivity index (χ3v) is 13.1. The van der Waals surface area contributed by atoms with Crippen LogP contribution in [0.1, 0.15) is 36.2 Å². The lowest BCUT2D eigenvalue weighted by atomic mass is 10.1. The summed E-state index contributed by atoms with van der Waals surface area (Å²) in [6.45, 7) is 0. The first-order valence-corrected chi connectivity index (χ1v) is 13.7. The van der Waals surface area contributed by atoms with Crippen LogP contribution in [0.15, 0.2) is 36.4 Å². The SMILES string of the molecule is O=C(NC1CC[Si]2(CCCC2)CC1)c1cc2sc(-c3ccccc3)nc2[nH]1.